The van der Waals surface area contributed by atoms with E-state index in [4.69, 9.17) is 15.0 Å². The van der Waals surface area contributed by atoms with E-state index in [1.807, 2.05) is 56.0 Å². The van der Waals surface area contributed by atoms with E-state index in [0.717, 1.165) is 52.4 Å². The van der Waals surface area contributed by atoms with Gasteiger partial charge in [-0.25, -0.2) is 4.98 Å². The highest BCUT2D eigenvalue weighted by Gasteiger charge is 2.17. The van der Waals surface area contributed by atoms with Gasteiger partial charge in [0, 0.05) is 59.5 Å². The fraction of sp³-hybridized carbons (Fsp3) is 0.308. The summed E-state index contributed by atoms with van der Waals surface area (Å²) < 4.78 is 7.48. The Bertz CT molecular complexity index is 1320. The molecule has 5 rings (SSSR count). The molecule has 1 aliphatic carbocycles. The Morgan fingerprint density at radius 2 is 1.97 bits per heavy atom. The van der Waals surface area contributed by atoms with E-state index in [2.05, 4.69) is 32.0 Å². The van der Waals surface area contributed by atoms with Crippen molar-refractivity contribution in [3.63, 3.8) is 0 Å². The van der Waals surface area contributed by atoms with E-state index in [-0.39, 0.29) is 6.61 Å². The summed E-state index contributed by atoms with van der Waals surface area (Å²) in [6.07, 6.45) is 13.5. The molecule has 1 fully saturated rings. The molecular formula is C26H28N8O. The van der Waals surface area contributed by atoms with Gasteiger partial charge >= 0.3 is 0 Å². The molecule has 3 N–H and O–H groups in total. The first kappa shape index (κ1) is 22.5. The number of ether oxygens (including phenoxy) is 1. The van der Waals surface area contributed by atoms with Crippen molar-refractivity contribution in [3.05, 3.63) is 55.1 Å². The number of benzene rings is 1. The second kappa shape index (κ2) is 10.3. The number of H-pyrrole nitrogens is 1. The number of aromatic nitrogens is 5. The van der Waals surface area contributed by atoms with E-state index in [9.17, 15) is 0 Å². The van der Waals surface area contributed by atoms with Gasteiger partial charge in [0.15, 0.2) is 6.61 Å². The Morgan fingerprint density at radius 3 is 2.71 bits per heavy atom. The second-order valence-corrected chi connectivity index (χ2v) is 8.74. The summed E-state index contributed by atoms with van der Waals surface area (Å²) in [7, 11) is 1.87. The minimum Gasteiger partial charge on any atom is -0.478 e. The fourth-order valence-corrected chi connectivity index (χ4v) is 4.49. The van der Waals surface area contributed by atoms with Gasteiger partial charge in [0.25, 0.3) is 0 Å². The quantitative estimate of drug-likeness (QED) is 0.323. The number of nitriles is 1. The lowest BCUT2D eigenvalue weighted by atomic mass is 9.95. The Kier molecular flexibility index (Phi) is 6.61. The van der Waals surface area contributed by atoms with Crippen molar-refractivity contribution in [3.8, 4) is 34.1 Å². The van der Waals surface area contributed by atoms with Crippen molar-refractivity contribution in [2.24, 2.45) is 7.05 Å². The second-order valence-electron chi connectivity index (χ2n) is 8.74. The molecule has 4 aromatic rings. The van der Waals surface area contributed by atoms with Crippen LogP contribution in [-0.4, -0.2) is 37.6 Å². The zero-order chi connectivity index (χ0) is 24.0. The molecule has 0 saturated heterocycles. The number of anilines is 3. The van der Waals surface area contributed by atoms with Gasteiger partial charge in [0.1, 0.15) is 23.5 Å². The number of rotatable bonds is 8. The first-order valence-electron chi connectivity index (χ1n) is 11.9. The molecule has 0 aliphatic heterocycles. The lowest BCUT2D eigenvalue weighted by Crippen LogP contribution is -2.23. The molecule has 9 heteroatoms. The molecule has 35 heavy (non-hydrogen) atoms. The van der Waals surface area contributed by atoms with Crippen molar-refractivity contribution in [1.29, 1.82) is 5.26 Å². The summed E-state index contributed by atoms with van der Waals surface area (Å²) in [5, 5.41) is 27.4. The van der Waals surface area contributed by atoms with Crippen LogP contribution in [0.4, 0.5) is 17.3 Å². The molecule has 0 spiro atoms. The number of hydrogen-bond donors (Lipinski definition) is 3. The molecule has 3 aromatic heterocycles. The average molecular weight is 469 g/mol. The van der Waals surface area contributed by atoms with E-state index < -0.39 is 0 Å². The lowest BCUT2D eigenvalue weighted by Gasteiger charge is -2.24. The van der Waals surface area contributed by atoms with E-state index >= 15 is 0 Å². The monoisotopic (exact) mass is 468 g/mol. The fourth-order valence-electron chi connectivity index (χ4n) is 4.49. The van der Waals surface area contributed by atoms with Crippen molar-refractivity contribution < 1.29 is 4.74 Å². The topological polar surface area (TPSA) is 116 Å². The highest BCUT2D eigenvalue weighted by atomic mass is 16.5. The third-order valence-electron chi connectivity index (χ3n) is 6.21. The van der Waals surface area contributed by atoms with E-state index in [1.165, 1.54) is 19.3 Å². The van der Waals surface area contributed by atoms with Crippen LogP contribution >= 0.6 is 0 Å². The normalized spacial score (nSPS) is 13.8. The number of aromatic amines is 1. The van der Waals surface area contributed by atoms with Crippen LogP contribution in [0.2, 0.25) is 0 Å². The molecule has 0 amide bonds. The highest BCUT2D eigenvalue weighted by Crippen LogP contribution is 2.35. The minimum absolute atomic E-state index is 0.0379. The molecule has 1 aromatic carbocycles. The van der Waals surface area contributed by atoms with Crippen molar-refractivity contribution in [2.75, 3.05) is 17.2 Å². The molecule has 9 nitrogen and oxygen atoms in total. The predicted octanol–water partition coefficient (Wildman–Crippen LogP) is 5.26. The van der Waals surface area contributed by atoms with Crippen molar-refractivity contribution in [1.82, 2.24) is 25.0 Å². The largest absolute Gasteiger partial charge is 0.478 e. The zero-order valence-corrected chi connectivity index (χ0v) is 19.7. The van der Waals surface area contributed by atoms with Crippen molar-refractivity contribution >= 4 is 17.3 Å². The molecule has 1 saturated carbocycles. The zero-order valence-electron chi connectivity index (χ0n) is 19.7. The molecule has 0 unspecified atom stereocenters. The summed E-state index contributed by atoms with van der Waals surface area (Å²) in [6, 6.07) is 12.3. The van der Waals surface area contributed by atoms with Gasteiger partial charge < -0.3 is 15.4 Å². The molecule has 0 bridgehead atoms. The van der Waals surface area contributed by atoms with Crippen LogP contribution in [0.1, 0.15) is 32.1 Å². The highest BCUT2D eigenvalue weighted by molar-refractivity contribution is 5.78. The van der Waals surface area contributed by atoms with Crippen LogP contribution in [0.3, 0.4) is 0 Å². The maximum atomic E-state index is 9.04. The molecule has 3 heterocycles. The maximum absolute atomic E-state index is 9.04. The Labute approximate surface area is 204 Å². The van der Waals surface area contributed by atoms with Gasteiger partial charge in [-0.1, -0.05) is 19.3 Å². The summed E-state index contributed by atoms with van der Waals surface area (Å²) in [5.41, 5.74) is 4.63. The Balaban J connectivity index is 1.43. The van der Waals surface area contributed by atoms with Gasteiger partial charge in [0.2, 0.25) is 0 Å². The number of nitrogens with one attached hydrogen (secondary N) is 3. The minimum atomic E-state index is -0.0379. The predicted molar refractivity (Wildman–Crippen MR) is 135 cm³/mol. The lowest BCUT2D eigenvalue weighted by molar-refractivity contribution is 0.370. The number of aryl methyl sites for hydroxylation is 1. The molecule has 178 valence electrons. The average Bonchev–Trinajstić information content (AvgIpc) is 3.56. The van der Waals surface area contributed by atoms with Crippen LogP contribution in [0.5, 0.6) is 5.75 Å². The number of hydrogen-bond acceptors (Lipinski definition) is 7. The molecule has 0 atom stereocenters. The van der Waals surface area contributed by atoms with Gasteiger partial charge in [-0.15, -0.1) is 0 Å². The van der Waals surface area contributed by atoms with Gasteiger partial charge in [-0.05, 0) is 37.1 Å². The smallest absolute Gasteiger partial charge is 0.174 e. The third kappa shape index (κ3) is 5.27. The summed E-state index contributed by atoms with van der Waals surface area (Å²) in [4.78, 5) is 4.92. The SMILES string of the molecule is Cn1cc(-c2ccc(Nc3ccc(-c4cn[nH]c4)c(NC4CCCCC4)n3)cc2OCC#N)cn1. The molecule has 1 aliphatic rings. The van der Waals surface area contributed by atoms with Gasteiger partial charge in [-0.2, -0.15) is 15.5 Å². The van der Waals surface area contributed by atoms with Crippen LogP contribution < -0.4 is 15.4 Å². The standard InChI is InChI=1S/C26H28N8O/c1-34-17-19(16-30-34)22-8-7-21(13-24(22)35-12-11-27)31-25-10-9-23(18-14-28-29-15-18)26(33-25)32-20-5-3-2-4-6-20/h7-10,13-17,20H,2-6,12H2,1H3,(H,28,29)(H2,31,32,33). The van der Waals surface area contributed by atoms with E-state index in [0.29, 0.717) is 11.8 Å². The van der Waals surface area contributed by atoms with Gasteiger partial charge in [0.05, 0.1) is 12.4 Å². The Morgan fingerprint density at radius 1 is 1.11 bits per heavy atom. The van der Waals surface area contributed by atoms with E-state index in [1.54, 1.807) is 10.9 Å². The summed E-state index contributed by atoms with van der Waals surface area (Å²) in [6.45, 7) is -0.0379. The Hall–Kier alpha value is -4.32. The van der Waals surface area contributed by atoms with Gasteiger partial charge in [-0.3, -0.25) is 9.78 Å². The van der Waals surface area contributed by atoms with Crippen LogP contribution in [0, 0.1) is 11.3 Å². The van der Waals surface area contributed by atoms with Crippen molar-refractivity contribution in [2.45, 2.75) is 38.1 Å². The molecule has 0 radical (unpaired) electrons. The first-order chi connectivity index (χ1) is 17.2. The summed E-state index contributed by atoms with van der Waals surface area (Å²) >= 11 is 0. The molecular weight excluding hydrogens is 440 g/mol. The first-order valence-corrected chi connectivity index (χ1v) is 11.9. The van der Waals surface area contributed by atoms with Crippen LogP contribution in [0.15, 0.2) is 55.1 Å². The third-order valence-corrected chi connectivity index (χ3v) is 6.21. The van der Waals surface area contributed by atoms with Crippen LogP contribution in [-0.2, 0) is 7.05 Å². The number of nitrogens with zero attached hydrogens (tertiary/aromatic N) is 5. The number of pyridine rings is 1. The maximum Gasteiger partial charge on any atom is 0.174 e. The van der Waals surface area contributed by atoms with Crippen LogP contribution in [0.25, 0.3) is 22.3 Å². The summed E-state index contributed by atoms with van der Waals surface area (Å²) in [5.74, 6) is 2.17.